The van der Waals surface area contributed by atoms with Crippen molar-refractivity contribution in [2.45, 2.75) is 42.5 Å². The number of benzene rings is 2. The van der Waals surface area contributed by atoms with E-state index in [4.69, 9.17) is 68.4 Å². The third kappa shape index (κ3) is 8.10. The van der Waals surface area contributed by atoms with Crippen LogP contribution in [0.3, 0.4) is 0 Å². The van der Waals surface area contributed by atoms with Gasteiger partial charge in [0.25, 0.3) is 0 Å². The van der Waals surface area contributed by atoms with Crippen LogP contribution >= 0.6 is 46.4 Å². The fourth-order valence-corrected chi connectivity index (χ4v) is 6.12. The molecule has 15 heteroatoms. The summed E-state index contributed by atoms with van der Waals surface area (Å²) >= 11 is 24.5. The predicted molar refractivity (Wildman–Crippen MR) is 145 cm³/mol. The second-order valence-electron chi connectivity index (χ2n) is 8.04. The van der Waals surface area contributed by atoms with Gasteiger partial charge in [0.1, 0.15) is 11.3 Å². The first-order valence-electron chi connectivity index (χ1n) is 10.7. The highest BCUT2D eigenvalue weighted by molar-refractivity contribution is 7.93. The first kappa shape index (κ1) is 30.9. The van der Waals surface area contributed by atoms with Gasteiger partial charge < -0.3 is 21.9 Å². The Morgan fingerprint density at radius 2 is 1.65 bits per heavy atom. The van der Waals surface area contributed by atoms with Crippen molar-refractivity contribution in [1.29, 1.82) is 5.41 Å². The van der Waals surface area contributed by atoms with E-state index in [1.165, 1.54) is 6.07 Å². The maximum absolute atomic E-state index is 13.6. The van der Waals surface area contributed by atoms with E-state index in [1.54, 1.807) is 18.2 Å². The molecule has 0 spiro atoms. The molecule has 0 saturated heterocycles. The summed E-state index contributed by atoms with van der Waals surface area (Å²) in [5.41, 5.74) is 11.6. The lowest BCUT2D eigenvalue weighted by Gasteiger charge is -2.25. The van der Waals surface area contributed by atoms with Crippen LogP contribution in [0, 0.1) is 5.41 Å². The second-order valence-corrected chi connectivity index (χ2v) is 12.0. The molecule has 1 amide bonds. The zero-order chi connectivity index (χ0) is 28.1. The molecule has 202 valence electrons. The van der Waals surface area contributed by atoms with Gasteiger partial charge in [-0.15, -0.1) is 0 Å². The van der Waals surface area contributed by atoms with Gasteiger partial charge in [0.15, 0.2) is 15.8 Å². The van der Waals surface area contributed by atoms with E-state index in [2.05, 4.69) is 5.32 Å². The number of nitrogens with two attached hydrogens (primary N) is 2. The van der Waals surface area contributed by atoms with E-state index in [0.29, 0.717) is 15.6 Å². The number of sulfone groups is 1. The SMILES string of the molecule is CC(C(=O)N(CCCC(N)C(=O)O)C(=N)N)S(=O)(=O)c1cc(Cl)cc(Cl)c1NCc1cc(Cl)cc(Cl)c1. The van der Waals surface area contributed by atoms with Crippen LogP contribution in [0.4, 0.5) is 5.69 Å². The number of aliphatic carboxylic acids is 1. The Morgan fingerprint density at radius 1 is 1.08 bits per heavy atom. The van der Waals surface area contributed by atoms with E-state index in [1.807, 2.05) is 0 Å². The largest absolute Gasteiger partial charge is 0.480 e. The zero-order valence-electron chi connectivity index (χ0n) is 19.5. The lowest BCUT2D eigenvalue weighted by molar-refractivity contribution is -0.138. The van der Waals surface area contributed by atoms with Gasteiger partial charge >= 0.3 is 5.97 Å². The van der Waals surface area contributed by atoms with Crippen LogP contribution in [-0.2, 0) is 26.0 Å². The van der Waals surface area contributed by atoms with Gasteiger partial charge in [-0.25, -0.2) is 8.42 Å². The van der Waals surface area contributed by atoms with E-state index in [0.717, 1.165) is 17.9 Å². The molecule has 2 aromatic rings. The van der Waals surface area contributed by atoms with Crippen molar-refractivity contribution < 1.29 is 23.1 Å². The van der Waals surface area contributed by atoms with E-state index in [9.17, 15) is 18.0 Å². The molecule has 0 aliphatic rings. The molecule has 0 fully saturated rings. The van der Waals surface area contributed by atoms with Gasteiger partial charge in [-0.3, -0.25) is 19.9 Å². The summed E-state index contributed by atoms with van der Waals surface area (Å²) in [5, 5.41) is 18.7. The van der Waals surface area contributed by atoms with Crippen LogP contribution in [0.2, 0.25) is 20.1 Å². The number of carbonyl (C=O) groups is 2. The van der Waals surface area contributed by atoms with Crippen molar-refractivity contribution in [3.05, 3.63) is 56.0 Å². The van der Waals surface area contributed by atoms with Gasteiger partial charge in [0, 0.05) is 28.2 Å². The highest BCUT2D eigenvalue weighted by Crippen LogP contribution is 2.36. The number of hydrogen-bond donors (Lipinski definition) is 5. The van der Waals surface area contributed by atoms with E-state index < -0.39 is 39.0 Å². The lowest BCUT2D eigenvalue weighted by atomic mass is 10.1. The summed E-state index contributed by atoms with van der Waals surface area (Å²) in [6, 6.07) is 6.12. The van der Waals surface area contributed by atoms with Gasteiger partial charge in [-0.2, -0.15) is 0 Å². The average molecular weight is 613 g/mol. The Bertz CT molecular complexity index is 1290. The number of carboxylic acids is 1. The smallest absolute Gasteiger partial charge is 0.320 e. The third-order valence-electron chi connectivity index (χ3n) is 5.30. The highest BCUT2D eigenvalue weighted by atomic mass is 35.5. The summed E-state index contributed by atoms with van der Waals surface area (Å²) in [6.45, 7) is 1.04. The standard InChI is InChI=1S/C22H25Cl4N5O5S/c1-11(20(32)31(22(28)29)4-2-3-17(27)21(33)34)37(35,36)18-9-15(25)8-16(26)19(18)30-10-12-5-13(23)7-14(24)6-12/h5-9,11,17,30H,2-4,10,27H2,1H3,(H3,28,29)(H,33,34). The van der Waals surface area contributed by atoms with Crippen LogP contribution in [-0.4, -0.2) is 54.1 Å². The van der Waals surface area contributed by atoms with Crippen molar-refractivity contribution in [2.75, 3.05) is 11.9 Å². The molecular weight excluding hydrogens is 588 g/mol. The average Bonchev–Trinajstić information content (AvgIpc) is 2.78. The number of hydrogen-bond acceptors (Lipinski definition) is 7. The van der Waals surface area contributed by atoms with Crippen molar-refractivity contribution in [3.8, 4) is 0 Å². The number of nitrogens with one attached hydrogen (secondary N) is 2. The number of amides is 1. The second kappa shape index (κ2) is 13.0. The monoisotopic (exact) mass is 611 g/mol. The molecule has 2 rings (SSSR count). The highest BCUT2D eigenvalue weighted by Gasteiger charge is 2.36. The minimum Gasteiger partial charge on any atom is -0.480 e. The number of anilines is 1. The number of guanidine groups is 1. The summed E-state index contributed by atoms with van der Waals surface area (Å²) in [5.74, 6) is -2.91. The molecule has 10 nitrogen and oxygen atoms in total. The van der Waals surface area contributed by atoms with Crippen LogP contribution < -0.4 is 16.8 Å². The van der Waals surface area contributed by atoms with Crippen molar-refractivity contribution >= 4 is 79.8 Å². The number of halogens is 4. The van der Waals surface area contributed by atoms with Gasteiger partial charge in [-0.1, -0.05) is 46.4 Å². The zero-order valence-corrected chi connectivity index (χ0v) is 23.3. The molecule has 2 aromatic carbocycles. The van der Waals surface area contributed by atoms with Crippen LogP contribution in [0.5, 0.6) is 0 Å². The normalized spacial score (nSPS) is 13.0. The molecule has 0 radical (unpaired) electrons. The number of carbonyl (C=O) groups excluding carboxylic acids is 1. The van der Waals surface area contributed by atoms with E-state index >= 15 is 0 Å². The van der Waals surface area contributed by atoms with Gasteiger partial charge in [0.2, 0.25) is 5.91 Å². The fourth-order valence-electron chi connectivity index (χ4n) is 3.33. The quantitative estimate of drug-likeness (QED) is 0.186. The Balaban J connectivity index is 2.35. The number of nitrogens with zero attached hydrogens (tertiary/aromatic N) is 1. The van der Waals surface area contributed by atoms with E-state index in [-0.39, 0.29) is 46.6 Å². The molecule has 2 atom stereocenters. The van der Waals surface area contributed by atoms with Crippen molar-refractivity contribution in [2.24, 2.45) is 11.5 Å². The first-order valence-corrected chi connectivity index (χ1v) is 13.8. The molecule has 0 aromatic heterocycles. The summed E-state index contributed by atoms with van der Waals surface area (Å²) in [6.07, 6.45) is 0.0581. The minimum atomic E-state index is -4.41. The third-order valence-corrected chi connectivity index (χ3v) is 8.32. The minimum absolute atomic E-state index is 0.00335. The van der Waals surface area contributed by atoms with Crippen LogP contribution in [0.15, 0.2) is 35.2 Å². The molecule has 0 aliphatic heterocycles. The predicted octanol–water partition coefficient (Wildman–Crippen LogP) is 3.99. The molecule has 2 unspecified atom stereocenters. The maximum atomic E-state index is 13.6. The molecule has 0 saturated carbocycles. The lowest BCUT2D eigenvalue weighted by Crippen LogP contribution is -2.48. The van der Waals surface area contributed by atoms with Crippen molar-refractivity contribution in [3.63, 3.8) is 0 Å². The Kier molecular flexibility index (Phi) is 10.9. The molecule has 37 heavy (non-hydrogen) atoms. The Morgan fingerprint density at radius 3 is 2.19 bits per heavy atom. The number of carboxylic acid groups (broad SMARTS) is 1. The van der Waals surface area contributed by atoms with Gasteiger partial charge in [0.05, 0.1) is 15.6 Å². The fraction of sp³-hybridized carbons (Fsp3) is 0.318. The van der Waals surface area contributed by atoms with Crippen LogP contribution in [0.1, 0.15) is 25.3 Å². The molecule has 0 heterocycles. The Hall–Kier alpha value is -2.28. The van der Waals surface area contributed by atoms with Crippen LogP contribution in [0.25, 0.3) is 0 Å². The topological polar surface area (TPSA) is 180 Å². The molecule has 0 aliphatic carbocycles. The summed E-state index contributed by atoms with van der Waals surface area (Å²) in [4.78, 5) is 24.4. The summed E-state index contributed by atoms with van der Waals surface area (Å²) < 4.78 is 27.1. The summed E-state index contributed by atoms with van der Waals surface area (Å²) in [7, 11) is -4.41. The first-order chi connectivity index (χ1) is 17.1. The molecule has 7 N–H and O–H groups in total. The maximum Gasteiger partial charge on any atom is 0.320 e. The van der Waals surface area contributed by atoms with Gasteiger partial charge in [-0.05, 0) is 55.7 Å². The molecular formula is C22H25Cl4N5O5S. The Labute approximate surface area is 234 Å². The van der Waals surface area contributed by atoms with Crippen molar-refractivity contribution in [1.82, 2.24) is 4.90 Å². The molecule has 0 bridgehead atoms. The number of rotatable bonds is 11.